The third kappa shape index (κ3) is 4.53. The minimum Gasteiger partial charge on any atom is -0.267 e. The molecule has 2 aromatic carbocycles. The fraction of sp³-hybridized carbons (Fsp3) is 0.0667. The average Bonchev–Trinajstić information content (AvgIpc) is 2.60. The minimum atomic E-state index is -3.85. The molecule has 0 bridgehead atoms. The number of halogens is 2. The summed E-state index contributed by atoms with van der Waals surface area (Å²) >= 11 is 5.83. The van der Waals surface area contributed by atoms with Crippen LogP contribution < -0.4 is 15.6 Å². The summed E-state index contributed by atoms with van der Waals surface area (Å²) < 4.78 is 38.6. The lowest BCUT2D eigenvalue weighted by atomic mass is 10.2. The van der Waals surface area contributed by atoms with Gasteiger partial charge in [0.1, 0.15) is 10.7 Å². The van der Waals surface area contributed by atoms with Gasteiger partial charge in [0.15, 0.2) is 0 Å². The van der Waals surface area contributed by atoms with Crippen LogP contribution in [0.15, 0.2) is 47.4 Å². The molecule has 7 nitrogen and oxygen atoms in total. The predicted octanol–water partition coefficient (Wildman–Crippen LogP) is 1.46. The van der Waals surface area contributed by atoms with Crippen LogP contribution in [0.2, 0.25) is 5.02 Å². The molecule has 0 atom stereocenters. The van der Waals surface area contributed by atoms with Gasteiger partial charge in [-0.05, 0) is 49.5 Å². The van der Waals surface area contributed by atoms with E-state index in [-0.39, 0.29) is 21.0 Å². The molecule has 0 radical (unpaired) electrons. The zero-order valence-corrected chi connectivity index (χ0v) is 14.4. The monoisotopic (exact) mass is 385 g/mol. The lowest BCUT2D eigenvalue weighted by Gasteiger charge is -2.10. The molecular weight excluding hydrogens is 373 g/mol. The summed E-state index contributed by atoms with van der Waals surface area (Å²) in [5.41, 5.74) is 4.39. The second-order valence-corrected chi connectivity index (χ2v) is 7.03. The summed E-state index contributed by atoms with van der Waals surface area (Å²) in [5.74, 6) is -1.91. The number of hydrogen-bond donors (Lipinski definition) is 3. The first-order chi connectivity index (χ1) is 11.7. The summed E-state index contributed by atoms with van der Waals surface area (Å²) in [7, 11) is -2.64. The second kappa shape index (κ2) is 7.60. The average molecular weight is 386 g/mol. The zero-order valence-electron chi connectivity index (χ0n) is 12.8. The predicted molar refractivity (Wildman–Crippen MR) is 89.0 cm³/mol. The van der Waals surface area contributed by atoms with E-state index in [0.29, 0.717) is 0 Å². The van der Waals surface area contributed by atoms with E-state index in [1.807, 2.05) is 0 Å². The van der Waals surface area contributed by atoms with Crippen molar-refractivity contribution in [1.82, 2.24) is 15.6 Å². The lowest BCUT2D eigenvalue weighted by molar-refractivity contribution is 0.0846. The molecule has 0 saturated carbocycles. The number of rotatable bonds is 4. The van der Waals surface area contributed by atoms with Crippen molar-refractivity contribution in [2.45, 2.75) is 4.90 Å². The van der Waals surface area contributed by atoms with Gasteiger partial charge in [0.25, 0.3) is 11.8 Å². The molecule has 132 valence electrons. The van der Waals surface area contributed by atoms with Gasteiger partial charge >= 0.3 is 0 Å². The van der Waals surface area contributed by atoms with Gasteiger partial charge in [0, 0.05) is 11.1 Å². The summed E-state index contributed by atoms with van der Waals surface area (Å²) in [5, 5.41) is -0.0544. The highest BCUT2D eigenvalue weighted by atomic mass is 35.5. The number of carbonyl (C=O) groups excluding carboxylic acids is 2. The Balaban J connectivity index is 2.12. The molecule has 0 aliphatic carbocycles. The van der Waals surface area contributed by atoms with Gasteiger partial charge in [-0.25, -0.2) is 17.5 Å². The smallest absolute Gasteiger partial charge is 0.267 e. The topological polar surface area (TPSA) is 104 Å². The van der Waals surface area contributed by atoms with E-state index in [0.717, 1.165) is 18.2 Å². The summed E-state index contributed by atoms with van der Waals surface area (Å²) in [6.45, 7) is 0. The van der Waals surface area contributed by atoms with E-state index >= 15 is 0 Å². The molecule has 2 rings (SSSR count). The molecule has 3 N–H and O–H groups in total. The van der Waals surface area contributed by atoms with Gasteiger partial charge in [-0.3, -0.25) is 20.4 Å². The van der Waals surface area contributed by atoms with Crippen LogP contribution in [0.1, 0.15) is 20.7 Å². The Morgan fingerprint density at radius 3 is 2.04 bits per heavy atom. The van der Waals surface area contributed by atoms with Crippen LogP contribution >= 0.6 is 11.6 Å². The zero-order chi connectivity index (χ0) is 18.6. The highest BCUT2D eigenvalue weighted by molar-refractivity contribution is 7.89. The first-order valence-electron chi connectivity index (χ1n) is 6.84. The number of sulfonamides is 1. The number of hydrazine groups is 1. The molecule has 0 aliphatic rings. The minimum absolute atomic E-state index is 0.0300. The third-order valence-electron chi connectivity index (χ3n) is 3.15. The maximum atomic E-state index is 12.8. The number of nitrogens with one attached hydrogen (secondary N) is 3. The van der Waals surface area contributed by atoms with Gasteiger partial charge in [0.05, 0.1) is 5.02 Å². The fourth-order valence-electron chi connectivity index (χ4n) is 1.82. The second-order valence-electron chi connectivity index (χ2n) is 4.77. The van der Waals surface area contributed by atoms with Crippen LogP contribution in [0.4, 0.5) is 4.39 Å². The van der Waals surface area contributed by atoms with Gasteiger partial charge < -0.3 is 0 Å². The molecule has 2 aromatic rings. The lowest BCUT2D eigenvalue weighted by Crippen LogP contribution is -2.41. The normalized spacial score (nSPS) is 11.0. The quantitative estimate of drug-likeness (QED) is 0.693. The number of benzene rings is 2. The maximum Gasteiger partial charge on any atom is 0.269 e. The Morgan fingerprint density at radius 2 is 1.48 bits per heavy atom. The van der Waals surface area contributed by atoms with Crippen molar-refractivity contribution in [3.05, 3.63) is 64.4 Å². The molecule has 0 fully saturated rings. The van der Waals surface area contributed by atoms with Crippen LogP contribution in [0.5, 0.6) is 0 Å². The highest BCUT2D eigenvalue weighted by Crippen LogP contribution is 2.22. The Kier molecular flexibility index (Phi) is 5.73. The van der Waals surface area contributed by atoms with Crippen molar-refractivity contribution < 1.29 is 22.4 Å². The van der Waals surface area contributed by atoms with Crippen LogP contribution in [-0.4, -0.2) is 27.3 Å². The summed E-state index contributed by atoms with van der Waals surface area (Å²) in [4.78, 5) is 23.6. The van der Waals surface area contributed by atoms with E-state index in [1.54, 1.807) is 0 Å². The van der Waals surface area contributed by atoms with Crippen molar-refractivity contribution in [2.75, 3.05) is 7.05 Å². The van der Waals surface area contributed by atoms with Crippen molar-refractivity contribution in [3.63, 3.8) is 0 Å². The van der Waals surface area contributed by atoms with Crippen LogP contribution in [0, 0.1) is 5.82 Å². The van der Waals surface area contributed by atoms with E-state index in [4.69, 9.17) is 11.6 Å². The number of hydrogen-bond acceptors (Lipinski definition) is 4. The molecule has 25 heavy (non-hydrogen) atoms. The maximum absolute atomic E-state index is 12.8. The van der Waals surface area contributed by atoms with Crippen molar-refractivity contribution in [1.29, 1.82) is 0 Å². The molecule has 0 aromatic heterocycles. The van der Waals surface area contributed by atoms with Crippen molar-refractivity contribution in [3.8, 4) is 0 Å². The molecule has 0 unspecified atom stereocenters. The molecule has 0 saturated heterocycles. The van der Waals surface area contributed by atoms with Crippen molar-refractivity contribution >= 4 is 33.4 Å². The molecule has 0 aliphatic heterocycles. The first kappa shape index (κ1) is 18.8. The fourth-order valence-corrected chi connectivity index (χ4v) is 3.07. The Hall–Kier alpha value is -2.49. The van der Waals surface area contributed by atoms with Gasteiger partial charge in [0.2, 0.25) is 10.0 Å². The van der Waals surface area contributed by atoms with Crippen LogP contribution in [0.3, 0.4) is 0 Å². The first-order valence-corrected chi connectivity index (χ1v) is 8.70. The van der Waals surface area contributed by atoms with E-state index in [1.165, 1.54) is 31.3 Å². The number of amides is 2. The SMILES string of the molecule is CNS(=O)(=O)c1cc(C(=O)NNC(=O)c2ccc(F)cc2)ccc1Cl. The van der Waals surface area contributed by atoms with E-state index < -0.39 is 27.7 Å². The Labute approximate surface area is 148 Å². The van der Waals surface area contributed by atoms with Gasteiger partial charge in [-0.15, -0.1) is 0 Å². The summed E-state index contributed by atoms with van der Waals surface area (Å²) in [6, 6.07) is 8.33. The van der Waals surface area contributed by atoms with Crippen LogP contribution in [-0.2, 0) is 10.0 Å². The van der Waals surface area contributed by atoms with E-state index in [2.05, 4.69) is 15.6 Å². The largest absolute Gasteiger partial charge is 0.269 e. The third-order valence-corrected chi connectivity index (χ3v) is 5.04. The molecular formula is C15H13ClFN3O4S. The number of carbonyl (C=O) groups is 2. The van der Waals surface area contributed by atoms with Crippen LogP contribution in [0.25, 0.3) is 0 Å². The summed E-state index contributed by atoms with van der Waals surface area (Å²) in [6.07, 6.45) is 0. The molecule has 0 heterocycles. The Morgan fingerprint density at radius 1 is 0.960 bits per heavy atom. The van der Waals surface area contributed by atoms with Gasteiger partial charge in [-0.1, -0.05) is 11.6 Å². The molecule has 0 spiro atoms. The van der Waals surface area contributed by atoms with E-state index in [9.17, 15) is 22.4 Å². The van der Waals surface area contributed by atoms with Crippen molar-refractivity contribution in [2.24, 2.45) is 0 Å². The molecule has 10 heteroatoms. The standard InChI is InChI=1S/C15H13ClFN3O4S/c1-18-25(23,24)13-8-10(4-7-12(13)16)15(22)20-19-14(21)9-2-5-11(17)6-3-9/h2-8,18H,1H3,(H,19,21)(H,20,22). The highest BCUT2D eigenvalue weighted by Gasteiger charge is 2.19. The van der Waals surface area contributed by atoms with Gasteiger partial charge in [-0.2, -0.15) is 0 Å². The Bertz CT molecular complexity index is 917. The molecule has 2 amide bonds.